The molecule has 0 fully saturated rings. The Hall–Kier alpha value is -1.33. The second-order valence-corrected chi connectivity index (χ2v) is 2.29. The van der Waals surface area contributed by atoms with E-state index in [1.54, 1.807) is 0 Å². The van der Waals surface area contributed by atoms with Crippen molar-refractivity contribution >= 4 is 5.71 Å². The highest BCUT2D eigenvalue weighted by molar-refractivity contribution is 5.94. The van der Waals surface area contributed by atoms with Gasteiger partial charge >= 0.3 is 6.18 Å². The van der Waals surface area contributed by atoms with Gasteiger partial charge in [0, 0.05) is 0 Å². The van der Waals surface area contributed by atoms with Gasteiger partial charge in [-0.05, 0) is 13.0 Å². The molecule has 1 aromatic rings. The van der Waals surface area contributed by atoms with Crippen LogP contribution in [0.3, 0.4) is 0 Å². The minimum atomic E-state index is -4.42. The SMILES string of the molecule is CC(=N)c1cc(C(F)(F)F)[nH]n1. The van der Waals surface area contributed by atoms with Gasteiger partial charge < -0.3 is 5.41 Å². The van der Waals surface area contributed by atoms with E-state index in [2.05, 4.69) is 5.10 Å². The topological polar surface area (TPSA) is 52.5 Å². The quantitative estimate of drug-likeness (QED) is 0.631. The molecule has 0 bridgehead atoms. The van der Waals surface area contributed by atoms with Gasteiger partial charge in [-0.25, -0.2) is 0 Å². The molecule has 0 aliphatic rings. The average Bonchev–Trinajstić information content (AvgIpc) is 2.30. The number of nitrogens with zero attached hydrogens (tertiary/aromatic N) is 1. The summed E-state index contributed by atoms with van der Waals surface area (Å²) in [6.45, 7) is 1.37. The first-order valence-electron chi connectivity index (χ1n) is 3.09. The van der Waals surface area contributed by atoms with Gasteiger partial charge in [0.05, 0.1) is 5.71 Å². The molecule has 0 radical (unpaired) electrons. The number of hydrogen-bond acceptors (Lipinski definition) is 2. The standard InChI is InChI=1S/C6H6F3N3/c1-3(10)4-2-5(12-11-4)6(7,8)9/h2,10H,1H3,(H,11,12). The highest BCUT2D eigenvalue weighted by Gasteiger charge is 2.33. The molecule has 0 unspecified atom stereocenters. The average molecular weight is 177 g/mol. The molecule has 0 aromatic carbocycles. The van der Waals surface area contributed by atoms with Crippen molar-refractivity contribution in [2.24, 2.45) is 0 Å². The van der Waals surface area contributed by atoms with E-state index >= 15 is 0 Å². The molecule has 0 saturated heterocycles. The Morgan fingerprint density at radius 1 is 1.58 bits per heavy atom. The van der Waals surface area contributed by atoms with E-state index in [1.165, 1.54) is 6.92 Å². The maximum Gasteiger partial charge on any atom is 0.432 e. The predicted octanol–water partition coefficient (Wildman–Crippen LogP) is 1.82. The van der Waals surface area contributed by atoms with Crippen LogP contribution >= 0.6 is 0 Å². The lowest BCUT2D eigenvalue weighted by atomic mass is 10.3. The maximum absolute atomic E-state index is 11.9. The summed E-state index contributed by atoms with van der Waals surface area (Å²) in [4.78, 5) is 0. The lowest BCUT2D eigenvalue weighted by Gasteiger charge is -1.99. The van der Waals surface area contributed by atoms with Crippen LogP contribution in [-0.2, 0) is 6.18 Å². The van der Waals surface area contributed by atoms with E-state index in [0.717, 1.165) is 6.07 Å². The monoisotopic (exact) mass is 177 g/mol. The molecule has 1 heterocycles. The summed E-state index contributed by atoms with van der Waals surface area (Å²) in [6, 6.07) is 0.808. The van der Waals surface area contributed by atoms with E-state index in [1.807, 2.05) is 5.10 Å². The molecule has 0 saturated carbocycles. The molecule has 12 heavy (non-hydrogen) atoms. The number of H-pyrrole nitrogens is 1. The smallest absolute Gasteiger partial charge is 0.303 e. The van der Waals surface area contributed by atoms with Gasteiger partial charge in [-0.1, -0.05) is 0 Å². The van der Waals surface area contributed by atoms with Crippen LogP contribution in [0.4, 0.5) is 13.2 Å². The summed E-state index contributed by atoms with van der Waals surface area (Å²) in [5.41, 5.74) is -0.909. The van der Waals surface area contributed by atoms with E-state index in [-0.39, 0.29) is 11.4 Å². The van der Waals surface area contributed by atoms with E-state index < -0.39 is 11.9 Å². The third-order valence-corrected chi connectivity index (χ3v) is 1.27. The summed E-state index contributed by atoms with van der Waals surface area (Å²) >= 11 is 0. The Morgan fingerprint density at radius 2 is 2.17 bits per heavy atom. The molecule has 2 N–H and O–H groups in total. The zero-order valence-electron chi connectivity index (χ0n) is 6.16. The van der Waals surface area contributed by atoms with Gasteiger partial charge in [-0.2, -0.15) is 18.3 Å². The van der Waals surface area contributed by atoms with Crippen LogP contribution in [0.25, 0.3) is 0 Å². The van der Waals surface area contributed by atoms with Crippen molar-refractivity contribution in [2.75, 3.05) is 0 Å². The van der Waals surface area contributed by atoms with Gasteiger partial charge in [0.15, 0.2) is 0 Å². The zero-order valence-corrected chi connectivity index (χ0v) is 6.16. The largest absolute Gasteiger partial charge is 0.432 e. The van der Waals surface area contributed by atoms with Crippen molar-refractivity contribution in [1.29, 1.82) is 5.41 Å². The first kappa shape index (κ1) is 8.76. The minimum Gasteiger partial charge on any atom is -0.303 e. The number of halogens is 3. The molecule has 1 rings (SSSR count). The second kappa shape index (κ2) is 2.62. The van der Waals surface area contributed by atoms with Gasteiger partial charge in [0.2, 0.25) is 0 Å². The Kier molecular flexibility index (Phi) is 1.91. The first-order valence-corrected chi connectivity index (χ1v) is 3.09. The molecular weight excluding hydrogens is 171 g/mol. The Bertz CT molecular complexity index is 299. The molecule has 0 atom stereocenters. The number of rotatable bonds is 1. The van der Waals surface area contributed by atoms with Crippen molar-refractivity contribution in [3.8, 4) is 0 Å². The molecule has 0 aliphatic carbocycles. The number of hydrogen-bond donors (Lipinski definition) is 2. The fourth-order valence-corrected chi connectivity index (χ4v) is 0.659. The van der Waals surface area contributed by atoms with Crippen LogP contribution in [0.1, 0.15) is 18.3 Å². The van der Waals surface area contributed by atoms with Crippen LogP contribution in [0.2, 0.25) is 0 Å². The van der Waals surface area contributed by atoms with Crippen molar-refractivity contribution in [2.45, 2.75) is 13.1 Å². The normalized spacial score (nSPS) is 11.7. The van der Waals surface area contributed by atoms with E-state index in [4.69, 9.17) is 5.41 Å². The summed E-state index contributed by atoms with van der Waals surface area (Å²) in [7, 11) is 0. The number of aromatic nitrogens is 2. The molecule has 6 heteroatoms. The fourth-order valence-electron chi connectivity index (χ4n) is 0.659. The van der Waals surface area contributed by atoms with Crippen molar-refractivity contribution in [3.63, 3.8) is 0 Å². The maximum atomic E-state index is 11.9. The van der Waals surface area contributed by atoms with Crippen LogP contribution in [0.5, 0.6) is 0 Å². The van der Waals surface area contributed by atoms with Gasteiger partial charge in [-0.15, -0.1) is 0 Å². The third kappa shape index (κ3) is 1.63. The second-order valence-electron chi connectivity index (χ2n) is 2.29. The molecule has 0 spiro atoms. The first-order chi connectivity index (χ1) is 5.41. The van der Waals surface area contributed by atoms with Crippen LogP contribution in [-0.4, -0.2) is 15.9 Å². The van der Waals surface area contributed by atoms with Crippen LogP contribution in [0.15, 0.2) is 6.07 Å². The summed E-state index contributed by atoms with van der Waals surface area (Å²) in [5, 5.41) is 12.1. The lowest BCUT2D eigenvalue weighted by molar-refractivity contribution is -0.141. The highest BCUT2D eigenvalue weighted by atomic mass is 19.4. The molecule has 66 valence electrons. The summed E-state index contributed by atoms with van der Waals surface area (Å²) in [5.74, 6) is 0. The molecular formula is C6H6F3N3. The number of alkyl halides is 3. The number of aromatic amines is 1. The highest BCUT2D eigenvalue weighted by Crippen LogP contribution is 2.27. The van der Waals surface area contributed by atoms with Crippen LogP contribution < -0.4 is 0 Å². The van der Waals surface area contributed by atoms with E-state index in [0.29, 0.717) is 0 Å². The lowest BCUT2D eigenvalue weighted by Crippen LogP contribution is -2.04. The molecule has 0 aliphatic heterocycles. The van der Waals surface area contributed by atoms with Gasteiger partial charge in [0.25, 0.3) is 0 Å². The predicted molar refractivity (Wildman–Crippen MR) is 36.1 cm³/mol. The van der Waals surface area contributed by atoms with Gasteiger partial charge in [-0.3, -0.25) is 5.10 Å². The number of nitrogens with one attached hydrogen (secondary N) is 2. The minimum absolute atomic E-state index is 0.00162. The Morgan fingerprint density at radius 3 is 2.42 bits per heavy atom. The van der Waals surface area contributed by atoms with E-state index in [9.17, 15) is 13.2 Å². The van der Waals surface area contributed by atoms with Crippen LogP contribution in [0, 0.1) is 5.41 Å². The summed E-state index contributed by atoms with van der Waals surface area (Å²) in [6.07, 6.45) is -4.42. The summed E-state index contributed by atoms with van der Waals surface area (Å²) < 4.78 is 35.8. The molecule has 3 nitrogen and oxygen atoms in total. The molecule has 1 aromatic heterocycles. The Labute approximate surface area is 66.1 Å². The van der Waals surface area contributed by atoms with Crippen molar-refractivity contribution < 1.29 is 13.2 Å². The van der Waals surface area contributed by atoms with Crippen molar-refractivity contribution in [3.05, 3.63) is 17.5 Å². The Balaban J connectivity index is 3.00. The van der Waals surface area contributed by atoms with Crippen molar-refractivity contribution in [1.82, 2.24) is 10.2 Å². The third-order valence-electron chi connectivity index (χ3n) is 1.27. The molecule has 0 amide bonds. The zero-order chi connectivity index (χ0) is 9.35. The van der Waals surface area contributed by atoms with Gasteiger partial charge in [0.1, 0.15) is 11.4 Å². The fraction of sp³-hybridized carbons (Fsp3) is 0.333.